The molecule has 0 heterocycles. The first kappa shape index (κ1) is 17.8. The molecular formula is C23H26AsN. The first-order valence-electron chi connectivity index (χ1n) is 9.13. The van der Waals surface area contributed by atoms with E-state index in [0.717, 1.165) is 5.69 Å². The summed E-state index contributed by atoms with van der Waals surface area (Å²) >= 11 is -2.64. The van der Waals surface area contributed by atoms with Crippen LogP contribution >= 0.6 is 0 Å². The quantitative estimate of drug-likeness (QED) is 0.371. The summed E-state index contributed by atoms with van der Waals surface area (Å²) in [6, 6.07) is 32.5. The summed E-state index contributed by atoms with van der Waals surface area (Å²) in [6.45, 7) is 2.27. The molecule has 0 fully saturated rings. The number of benzene rings is 3. The van der Waals surface area contributed by atoms with Crippen molar-refractivity contribution in [2.45, 2.75) is 31.4 Å². The Morgan fingerprint density at radius 1 is 0.640 bits per heavy atom. The fourth-order valence-corrected chi connectivity index (χ4v) is 10.9. The maximum atomic E-state index is 5.47. The van der Waals surface area contributed by atoms with E-state index in [1.54, 1.807) is 0 Å². The molecule has 1 nitrogen and oxygen atoms in total. The van der Waals surface area contributed by atoms with Crippen molar-refractivity contribution in [1.82, 2.24) is 0 Å². The number of unbranched alkanes of at least 4 members (excludes halogenated alkanes) is 2. The van der Waals surface area contributed by atoms with Gasteiger partial charge in [-0.3, -0.25) is 0 Å². The minimum absolute atomic E-state index is 1.11. The second kappa shape index (κ2) is 8.92. The molecule has 3 aromatic carbocycles. The first-order valence-corrected chi connectivity index (χ1v) is 13.2. The number of hydrogen-bond donors (Lipinski definition) is 0. The number of rotatable bonds is 7. The molecule has 0 N–H and O–H groups in total. The van der Waals surface area contributed by atoms with E-state index < -0.39 is 13.4 Å². The molecule has 0 saturated heterocycles. The van der Waals surface area contributed by atoms with Crippen LogP contribution < -0.4 is 8.70 Å². The van der Waals surface area contributed by atoms with Crippen molar-refractivity contribution < 1.29 is 0 Å². The zero-order chi connectivity index (χ0) is 17.4. The molecule has 0 atom stereocenters. The molecule has 0 aromatic heterocycles. The third-order valence-electron chi connectivity index (χ3n) is 4.49. The van der Waals surface area contributed by atoms with Gasteiger partial charge in [-0.15, -0.1) is 0 Å². The molecule has 0 aliphatic carbocycles. The third-order valence-corrected chi connectivity index (χ3v) is 12.6. The van der Waals surface area contributed by atoms with E-state index in [0.29, 0.717) is 0 Å². The summed E-state index contributed by atoms with van der Waals surface area (Å²) in [6.07, 6.45) is 3.75. The summed E-state index contributed by atoms with van der Waals surface area (Å²) in [4.78, 5) is 0. The summed E-state index contributed by atoms with van der Waals surface area (Å²) < 4.78 is 8.35. The van der Waals surface area contributed by atoms with Crippen LogP contribution in [0.25, 0.3) is 0 Å². The second-order valence-electron chi connectivity index (χ2n) is 6.31. The van der Waals surface area contributed by atoms with Crippen molar-refractivity contribution in [3.63, 3.8) is 0 Å². The Bertz CT molecular complexity index is 767. The number of nitrogens with zero attached hydrogens (tertiary/aromatic N) is 1. The van der Waals surface area contributed by atoms with Crippen LogP contribution in [0, 0.1) is 0 Å². The third kappa shape index (κ3) is 4.35. The van der Waals surface area contributed by atoms with E-state index in [-0.39, 0.29) is 0 Å². The van der Waals surface area contributed by atoms with Gasteiger partial charge in [-0.05, 0) is 0 Å². The summed E-state index contributed by atoms with van der Waals surface area (Å²) in [5, 5.41) is 1.19. The standard InChI is InChI=1S/C23H26AsN/c1-2-3-13-20-24(21-14-7-4-8-15-21,22-16-9-5-10-17-22)25-23-18-11-6-12-19-23/h4-12,14-19H,2-3,13,20H2,1H3. The van der Waals surface area contributed by atoms with Crippen molar-refractivity contribution in [2.24, 2.45) is 3.86 Å². The zero-order valence-electron chi connectivity index (χ0n) is 14.9. The van der Waals surface area contributed by atoms with Gasteiger partial charge in [-0.2, -0.15) is 0 Å². The molecule has 0 spiro atoms. The molecule has 3 aromatic rings. The van der Waals surface area contributed by atoms with Crippen LogP contribution in [0.3, 0.4) is 0 Å². The average Bonchev–Trinajstić information content (AvgIpc) is 2.69. The van der Waals surface area contributed by atoms with Gasteiger partial charge in [-0.1, -0.05) is 0 Å². The van der Waals surface area contributed by atoms with Gasteiger partial charge in [-0.25, -0.2) is 0 Å². The average molecular weight is 391 g/mol. The fourth-order valence-electron chi connectivity index (χ4n) is 3.20. The molecule has 3 rings (SSSR count). The molecule has 0 bridgehead atoms. The van der Waals surface area contributed by atoms with E-state index in [1.807, 2.05) is 0 Å². The van der Waals surface area contributed by atoms with Crippen LogP contribution in [0.15, 0.2) is 94.9 Å². The van der Waals surface area contributed by atoms with Crippen molar-refractivity contribution in [1.29, 1.82) is 0 Å². The molecule has 25 heavy (non-hydrogen) atoms. The molecule has 128 valence electrons. The Morgan fingerprint density at radius 2 is 1.12 bits per heavy atom. The molecule has 0 aliphatic heterocycles. The van der Waals surface area contributed by atoms with Gasteiger partial charge in [0.25, 0.3) is 0 Å². The molecule has 2 heteroatoms. The molecule has 0 saturated carbocycles. The Kier molecular flexibility index (Phi) is 6.36. The van der Waals surface area contributed by atoms with Gasteiger partial charge < -0.3 is 0 Å². The van der Waals surface area contributed by atoms with Crippen LogP contribution in [0.2, 0.25) is 5.21 Å². The Balaban J connectivity index is 2.22. The van der Waals surface area contributed by atoms with Crippen molar-refractivity contribution in [3.05, 3.63) is 91.0 Å². The zero-order valence-corrected chi connectivity index (χ0v) is 16.8. The van der Waals surface area contributed by atoms with E-state index in [9.17, 15) is 0 Å². The number of hydrogen-bond acceptors (Lipinski definition) is 1. The van der Waals surface area contributed by atoms with E-state index in [4.69, 9.17) is 3.86 Å². The van der Waals surface area contributed by atoms with Crippen LogP contribution in [0.5, 0.6) is 0 Å². The predicted octanol–water partition coefficient (Wildman–Crippen LogP) is 5.54. The van der Waals surface area contributed by atoms with Gasteiger partial charge in [0.1, 0.15) is 0 Å². The van der Waals surface area contributed by atoms with Gasteiger partial charge in [0.05, 0.1) is 0 Å². The first-order chi connectivity index (χ1) is 12.3. The Labute approximate surface area is 154 Å². The van der Waals surface area contributed by atoms with Crippen LogP contribution in [0.1, 0.15) is 26.2 Å². The minimum atomic E-state index is -2.64. The van der Waals surface area contributed by atoms with Gasteiger partial charge in [0.2, 0.25) is 0 Å². The van der Waals surface area contributed by atoms with Crippen molar-refractivity contribution >= 4 is 27.7 Å². The monoisotopic (exact) mass is 391 g/mol. The SMILES string of the molecule is CCCCC[As](=Nc1ccccc1)(c1ccccc1)c1ccccc1. The second-order valence-corrected chi connectivity index (χ2v) is 13.1. The van der Waals surface area contributed by atoms with Crippen LogP contribution in [-0.4, -0.2) is 13.4 Å². The normalized spacial score (nSPS) is 11.2. The molecule has 0 unspecified atom stereocenters. The van der Waals surface area contributed by atoms with E-state index in [2.05, 4.69) is 97.9 Å². The van der Waals surface area contributed by atoms with Gasteiger partial charge >= 0.3 is 154 Å². The Morgan fingerprint density at radius 3 is 1.60 bits per heavy atom. The molecule has 0 aliphatic rings. The summed E-state index contributed by atoms with van der Waals surface area (Å²) in [5.41, 5.74) is 1.11. The summed E-state index contributed by atoms with van der Waals surface area (Å²) in [7, 11) is 0. The topological polar surface area (TPSA) is 12.4 Å². The van der Waals surface area contributed by atoms with Crippen molar-refractivity contribution in [2.75, 3.05) is 0 Å². The van der Waals surface area contributed by atoms with Crippen LogP contribution in [-0.2, 0) is 0 Å². The van der Waals surface area contributed by atoms with Gasteiger partial charge in [0, 0.05) is 0 Å². The fraction of sp³-hybridized carbons (Fsp3) is 0.217. The Hall–Kier alpha value is -1.98. The van der Waals surface area contributed by atoms with E-state index >= 15 is 0 Å². The van der Waals surface area contributed by atoms with E-state index in [1.165, 1.54) is 33.2 Å². The molecular weight excluding hydrogens is 365 g/mol. The van der Waals surface area contributed by atoms with Crippen LogP contribution in [0.4, 0.5) is 5.69 Å². The van der Waals surface area contributed by atoms with Crippen molar-refractivity contribution in [3.8, 4) is 0 Å². The predicted molar refractivity (Wildman–Crippen MR) is 111 cm³/mol. The van der Waals surface area contributed by atoms with Gasteiger partial charge in [0.15, 0.2) is 0 Å². The molecule has 0 amide bonds. The maximum absolute atomic E-state index is 5.47. The molecule has 0 radical (unpaired) electrons. The summed E-state index contributed by atoms with van der Waals surface area (Å²) in [5.74, 6) is 0.